The first-order valence-corrected chi connectivity index (χ1v) is 11.3. The number of rotatable bonds is 10. The second-order valence-electron chi connectivity index (χ2n) is 6.52. The number of amides is 1. The maximum Gasteiger partial charge on any atom is 0.253 e. The Labute approximate surface area is 182 Å². The molecule has 0 aliphatic carbocycles. The standard InChI is InChI=1S/C21H28N2O7S/c1-7-23(31(6,25)26)16-12-20(30-5)19(29-4)11-15(16)21(24)22-13-14-8-9-17(27-2)18(10-14)28-3/h8-12H,7,13H2,1-6H3,(H,22,24). The summed E-state index contributed by atoms with van der Waals surface area (Å²) >= 11 is 0. The molecule has 1 amide bonds. The Hall–Kier alpha value is -3.14. The fourth-order valence-corrected chi connectivity index (χ4v) is 4.09. The number of carbonyl (C=O) groups excluding carboxylic acids is 1. The van der Waals surface area contributed by atoms with E-state index in [0.29, 0.717) is 23.0 Å². The van der Waals surface area contributed by atoms with Crippen LogP contribution in [0.4, 0.5) is 5.69 Å². The van der Waals surface area contributed by atoms with E-state index in [9.17, 15) is 13.2 Å². The van der Waals surface area contributed by atoms with Crippen LogP contribution in [0.2, 0.25) is 0 Å². The topological polar surface area (TPSA) is 103 Å². The number of hydrogen-bond donors (Lipinski definition) is 1. The molecule has 0 bridgehead atoms. The van der Waals surface area contributed by atoms with Gasteiger partial charge in [0, 0.05) is 19.2 Å². The Kier molecular flexibility index (Phi) is 7.98. The molecule has 0 saturated heterocycles. The lowest BCUT2D eigenvalue weighted by atomic mass is 10.1. The van der Waals surface area contributed by atoms with Crippen molar-refractivity contribution in [2.45, 2.75) is 13.5 Å². The number of methoxy groups -OCH3 is 4. The van der Waals surface area contributed by atoms with E-state index in [1.54, 1.807) is 32.2 Å². The molecule has 0 heterocycles. The minimum atomic E-state index is -3.63. The Balaban J connectivity index is 2.42. The fourth-order valence-electron chi connectivity index (χ4n) is 3.11. The van der Waals surface area contributed by atoms with Gasteiger partial charge in [-0.3, -0.25) is 9.10 Å². The van der Waals surface area contributed by atoms with Crippen LogP contribution in [0.1, 0.15) is 22.8 Å². The van der Waals surface area contributed by atoms with E-state index in [1.165, 1.54) is 33.5 Å². The maximum absolute atomic E-state index is 13.0. The molecule has 10 heteroatoms. The summed E-state index contributed by atoms with van der Waals surface area (Å²) in [5, 5.41) is 2.81. The van der Waals surface area contributed by atoms with Crippen molar-refractivity contribution in [2.75, 3.05) is 45.5 Å². The van der Waals surface area contributed by atoms with Gasteiger partial charge in [0.1, 0.15) is 0 Å². The number of sulfonamides is 1. The second kappa shape index (κ2) is 10.3. The molecule has 0 radical (unpaired) electrons. The van der Waals surface area contributed by atoms with E-state index in [0.717, 1.165) is 16.1 Å². The molecule has 0 unspecified atom stereocenters. The quantitative estimate of drug-likeness (QED) is 0.590. The molecule has 0 aliphatic heterocycles. The van der Waals surface area contributed by atoms with Gasteiger partial charge in [-0.05, 0) is 30.7 Å². The van der Waals surface area contributed by atoms with Crippen LogP contribution < -0.4 is 28.6 Å². The molecule has 0 atom stereocenters. The van der Waals surface area contributed by atoms with Crippen LogP contribution in [0.3, 0.4) is 0 Å². The van der Waals surface area contributed by atoms with E-state index < -0.39 is 15.9 Å². The van der Waals surface area contributed by atoms with Gasteiger partial charge in [0.15, 0.2) is 23.0 Å². The third-order valence-corrected chi connectivity index (χ3v) is 5.86. The molecule has 1 N–H and O–H groups in total. The fraction of sp³-hybridized carbons (Fsp3) is 0.381. The molecule has 0 fully saturated rings. The van der Waals surface area contributed by atoms with Crippen LogP contribution in [-0.2, 0) is 16.6 Å². The molecule has 2 rings (SSSR count). The molecule has 2 aromatic carbocycles. The number of hydrogen-bond acceptors (Lipinski definition) is 7. The van der Waals surface area contributed by atoms with Gasteiger partial charge in [-0.2, -0.15) is 0 Å². The van der Waals surface area contributed by atoms with E-state index >= 15 is 0 Å². The average Bonchev–Trinajstić information content (AvgIpc) is 2.76. The number of benzene rings is 2. The van der Waals surface area contributed by atoms with E-state index in [4.69, 9.17) is 18.9 Å². The van der Waals surface area contributed by atoms with Gasteiger partial charge in [-0.15, -0.1) is 0 Å². The van der Waals surface area contributed by atoms with Gasteiger partial charge >= 0.3 is 0 Å². The zero-order chi connectivity index (χ0) is 23.2. The van der Waals surface area contributed by atoms with Crippen molar-refractivity contribution in [3.8, 4) is 23.0 Å². The summed E-state index contributed by atoms with van der Waals surface area (Å²) in [7, 11) is 2.32. The smallest absolute Gasteiger partial charge is 0.253 e. The molecule has 9 nitrogen and oxygen atoms in total. The van der Waals surface area contributed by atoms with Gasteiger partial charge in [-0.25, -0.2) is 8.42 Å². The molecule has 0 saturated carbocycles. The molecule has 0 aliphatic rings. The third kappa shape index (κ3) is 5.52. The predicted molar refractivity (Wildman–Crippen MR) is 118 cm³/mol. The molecule has 2 aromatic rings. The zero-order valence-electron chi connectivity index (χ0n) is 18.5. The highest BCUT2D eigenvalue weighted by Crippen LogP contribution is 2.36. The van der Waals surface area contributed by atoms with Crippen molar-refractivity contribution in [2.24, 2.45) is 0 Å². The highest BCUT2D eigenvalue weighted by molar-refractivity contribution is 7.92. The van der Waals surface area contributed by atoms with Crippen molar-refractivity contribution in [1.29, 1.82) is 0 Å². The molecular formula is C21H28N2O7S. The monoisotopic (exact) mass is 452 g/mol. The summed E-state index contributed by atoms with van der Waals surface area (Å²) in [5.74, 6) is 1.28. The molecule has 31 heavy (non-hydrogen) atoms. The van der Waals surface area contributed by atoms with Crippen LogP contribution in [0.15, 0.2) is 30.3 Å². The van der Waals surface area contributed by atoms with Crippen molar-refractivity contribution >= 4 is 21.6 Å². The number of nitrogens with zero attached hydrogens (tertiary/aromatic N) is 1. The van der Waals surface area contributed by atoms with E-state index in [1.807, 2.05) is 0 Å². The van der Waals surface area contributed by atoms with Crippen molar-refractivity contribution in [3.63, 3.8) is 0 Å². The van der Waals surface area contributed by atoms with Crippen molar-refractivity contribution in [3.05, 3.63) is 41.5 Å². The molecule has 170 valence electrons. The normalized spacial score (nSPS) is 10.9. The Bertz CT molecular complexity index is 1040. The first kappa shape index (κ1) is 24.1. The van der Waals surface area contributed by atoms with Crippen LogP contribution in [0.5, 0.6) is 23.0 Å². The lowest BCUT2D eigenvalue weighted by Gasteiger charge is -2.24. The second-order valence-corrected chi connectivity index (χ2v) is 8.43. The summed E-state index contributed by atoms with van der Waals surface area (Å²) in [6.45, 7) is 2.02. The summed E-state index contributed by atoms with van der Waals surface area (Å²) in [5.41, 5.74) is 1.13. The van der Waals surface area contributed by atoms with Crippen LogP contribution in [-0.4, -0.2) is 55.6 Å². The highest BCUT2D eigenvalue weighted by Gasteiger charge is 2.25. The minimum Gasteiger partial charge on any atom is -0.493 e. The van der Waals surface area contributed by atoms with E-state index in [-0.39, 0.29) is 24.3 Å². The SMILES string of the molecule is CCN(c1cc(OC)c(OC)cc1C(=O)NCc1ccc(OC)c(OC)c1)S(C)(=O)=O. The number of anilines is 1. The summed E-state index contributed by atoms with van der Waals surface area (Å²) in [6.07, 6.45) is 1.08. The summed E-state index contributed by atoms with van der Waals surface area (Å²) < 4.78 is 46.8. The average molecular weight is 453 g/mol. The Morgan fingerprint density at radius 1 is 0.903 bits per heavy atom. The lowest BCUT2D eigenvalue weighted by molar-refractivity contribution is 0.0951. The first-order valence-electron chi connectivity index (χ1n) is 9.42. The van der Waals surface area contributed by atoms with Gasteiger partial charge in [0.2, 0.25) is 10.0 Å². The van der Waals surface area contributed by atoms with Gasteiger partial charge in [-0.1, -0.05) is 6.07 Å². The third-order valence-electron chi connectivity index (χ3n) is 4.60. The minimum absolute atomic E-state index is 0.143. The molecule has 0 spiro atoms. The van der Waals surface area contributed by atoms with Crippen LogP contribution in [0.25, 0.3) is 0 Å². The van der Waals surface area contributed by atoms with Gasteiger partial charge < -0.3 is 24.3 Å². The zero-order valence-corrected chi connectivity index (χ0v) is 19.3. The summed E-state index contributed by atoms with van der Waals surface area (Å²) in [6, 6.07) is 8.24. The van der Waals surface area contributed by atoms with Crippen LogP contribution in [0, 0.1) is 0 Å². The highest BCUT2D eigenvalue weighted by atomic mass is 32.2. The molecule has 0 aromatic heterocycles. The van der Waals surface area contributed by atoms with Gasteiger partial charge in [0.05, 0.1) is 45.9 Å². The summed E-state index contributed by atoms with van der Waals surface area (Å²) in [4.78, 5) is 13.0. The Morgan fingerprint density at radius 2 is 1.45 bits per heavy atom. The molecular weight excluding hydrogens is 424 g/mol. The van der Waals surface area contributed by atoms with E-state index in [2.05, 4.69) is 5.32 Å². The lowest BCUT2D eigenvalue weighted by Crippen LogP contribution is -2.33. The largest absolute Gasteiger partial charge is 0.493 e. The number of ether oxygens (including phenoxy) is 4. The number of carbonyl (C=O) groups is 1. The Morgan fingerprint density at radius 3 is 1.97 bits per heavy atom. The number of nitrogens with one attached hydrogen (secondary N) is 1. The predicted octanol–water partition coefficient (Wildman–Crippen LogP) is 2.44. The maximum atomic E-state index is 13.0. The van der Waals surface area contributed by atoms with Gasteiger partial charge in [0.25, 0.3) is 5.91 Å². The van der Waals surface area contributed by atoms with Crippen molar-refractivity contribution in [1.82, 2.24) is 5.32 Å². The van der Waals surface area contributed by atoms with Crippen molar-refractivity contribution < 1.29 is 32.2 Å². The van der Waals surface area contributed by atoms with Crippen LogP contribution >= 0.6 is 0 Å². The first-order chi connectivity index (χ1) is 14.7.